The number of nitrogens with zero attached hydrogens (tertiary/aromatic N) is 2. The van der Waals surface area contributed by atoms with E-state index in [1.807, 2.05) is 0 Å². The molecule has 0 aromatic heterocycles. The third-order valence-corrected chi connectivity index (χ3v) is 17.8. The van der Waals surface area contributed by atoms with E-state index in [2.05, 4.69) is 301 Å². The summed E-state index contributed by atoms with van der Waals surface area (Å²) < 4.78 is 0. The minimum absolute atomic E-state index is 0.472. The Labute approximate surface area is 454 Å². The van der Waals surface area contributed by atoms with Gasteiger partial charge in [-0.1, -0.05) is 224 Å². The zero-order valence-corrected chi connectivity index (χ0v) is 42.6. The van der Waals surface area contributed by atoms with Crippen LogP contribution >= 0.6 is 0 Å². The third kappa shape index (κ3) is 5.71. The molecule has 78 heavy (non-hydrogen) atoms. The summed E-state index contributed by atoms with van der Waals surface area (Å²) in [5.74, 6) is 0. The molecule has 1 heterocycles. The van der Waals surface area contributed by atoms with Crippen molar-refractivity contribution in [3.8, 4) is 44.5 Å². The van der Waals surface area contributed by atoms with Crippen LogP contribution in [0.5, 0.6) is 0 Å². The van der Waals surface area contributed by atoms with Crippen LogP contribution in [0.1, 0.15) is 44.5 Å². The normalized spacial score (nSPS) is 14.1. The number of para-hydroxylation sites is 1. The van der Waals surface area contributed by atoms with Crippen LogP contribution in [-0.4, -0.2) is 0 Å². The first-order valence-electron chi connectivity index (χ1n) is 27.2. The van der Waals surface area contributed by atoms with Crippen molar-refractivity contribution in [2.24, 2.45) is 0 Å². The molecule has 1 spiro atoms. The molecule has 17 rings (SSSR count). The van der Waals surface area contributed by atoms with Crippen LogP contribution in [-0.2, 0) is 10.8 Å². The maximum absolute atomic E-state index is 2.53. The molecular formula is C76H48N2. The van der Waals surface area contributed by atoms with Crippen LogP contribution in [0.15, 0.2) is 291 Å². The van der Waals surface area contributed by atoms with Gasteiger partial charge in [-0.25, -0.2) is 0 Å². The molecule has 2 heteroatoms. The quantitative estimate of drug-likeness (QED) is 0.164. The van der Waals surface area contributed by atoms with E-state index in [1.165, 1.54) is 122 Å². The zero-order chi connectivity index (χ0) is 51.1. The molecule has 4 aliphatic rings. The number of hydrogen-bond donors (Lipinski definition) is 0. The van der Waals surface area contributed by atoms with Gasteiger partial charge in [-0.2, -0.15) is 0 Å². The maximum Gasteiger partial charge on any atom is 0.0726 e. The molecule has 13 aromatic carbocycles. The number of anilines is 6. The van der Waals surface area contributed by atoms with E-state index >= 15 is 0 Å². The molecule has 13 aromatic rings. The molecule has 3 aliphatic carbocycles. The molecule has 0 radical (unpaired) electrons. The van der Waals surface area contributed by atoms with E-state index in [4.69, 9.17) is 0 Å². The largest absolute Gasteiger partial charge is 0.310 e. The van der Waals surface area contributed by atoms with Crippen molar-refractivity contribution in [2.75, 3.05) is 9.80 Å². The summed E-state index contributed by atoms with van der Waals surface area (Å²) in [7, 11) is 0. The summed E-state index contributed by atoms with van der Waals surface area (Å²) in [6.07, 6.45) is 0. The Morgan fingerprint density at radius 1 is 0.244 bits per heavy atom. The summed E-state index contributed by atoms with van der Waals surface area (Å²) in [5, 5.41) is 4.97. The van der Waals surface area contributed by atoms with Crippen LogP contribution < -0.4 is 9.80 Å². The molecule has 0 saturated heterocycles. The molecule has 2 nitrogen and oxygen atoms in total. The van der Waals surface area contributed by atoms with Crippen molar-refractivity contribution in [2.45, 2.75) is 10.8 Å². The van der Waals surface area contributed by atoms with E-state index in [1.54, 1.807) is 0 Å². The lowest BCUT2D eigenvalue weighted by Crippen LogP contribution is -2.29. The molecule has 0 atom stereocenters. The second kappa shape index (κ2) is 16.2. The van der Waals surface area contributed by atoms with Gasteiger partial charge in [-0.15, -0.1) is 0 Å². The first-order chi connectivity index (χ1) is 38.7. The van der Waals surface area contributed by atoms with Crippen molar-refractivity contribution < 1.29 is 0 Å². The smallest absolute Gasteiger partial charge is 0.0726 e. The Bertz CT molecular complexity index is 4520. The van der Waals surface area contributed by atoms with Gasteiger partial charge in [0.05, 0.1) is 22.2 Å². The summed E-state index contributed by atoms with van der Waals surface area (Å²) in [4.78, 5) is 5.02. The highest BCUT2D eigenvalue weighted by atomic mass is 15.2. The predicted octanol–water partition coefficient (Wildman–Crippen LogP) is 19.6. The molecule has 0 saturated carbocycles. The van der Waals surface area contributed by atoms with Crippen molar-refractivity contribution in [1.29, 1.82) is 0 Å². The van der Waals surface area contributed by atoms with E-state index in [0.717, 1.165) is 22.7 Å². The average molecular weight is 989 g/mol. The lowest BCUT2D eigenvalue weighted by Gasteiger charge is -2.37. The molecule has 1 aliphatic heterocycles. The number of rotatable bonds is 6. The number of hydrogen-bond acceptors (Lipinski definition) is 2. The van der Waals surface area contributed by atoms with Gasteiger partial charge in [0.15, 0.2) is 0 Å². The fraction of sp³-hybridized carbons (Fsp3) is 0.0263. The fourth-order valence-corrected chi connectivity index (χ4v) is 14.8. The summed E-state index contributed by atoms with van der Waals surface area (Å²) >= 11 is 0. The molecule has 0 fully saturated rings. The highest BCUT2D eigenvalue weighted by Crippen LogP contribution is 2.64. The van der Waals surface area contributed by atoms with Gasteiger partial charge in [0.1, 0.15) is 0 Å². The van der Waals surface area contributed by atoms with E-state index in [9.17, 15) is 0 Å². The topological polar surface area (TPSA) is 6.48 Å². The Balaban J connectivity index is 0.905. The molecule has 0 amide bonds. The minimum atomic E-state index is -0.686. The van der Waals surface area contributed by atoms with Crippen molar-refractivity contribution >= 4 is 55.7 Å². The third-order valence-electron chi connectivity index (χ3n) is 17.8. The monoisotopic (exact) mass is 988 g/mol. The summed E-state index contributed by atoms with van der Waals surface area (Å²) in [6.45, 7) is 0. The van der Waals surface area contributed by atoms with E-state index in [0.29, 0.717) is 0 Å². The predicted molar refractivity (Wildman–Crippen MR) is 323 cm³/mol. The van der Waals surface area contributed by atoms with Crippen LogP contribution in [0.25, 0.3) is 66.1 Å². The minimum Gasteiger partial charge on any atom is -0.310 e. The highest BCUT2D eigenvalue weighted by molar-refractivity contribution is 6.16. The maximum atomic E-state index is 2.53. The molecule has 0 bridgehead atoms. The average Bonchev–Trinajstić information content (AvgIpc) is 3.46. The van der Waals surface area contributed by atoms with Gasteiger partial charge in [0, 0.05) is 33.7 Å². The fourth-order valence-electron chi connectivity index (χ4n) is 14.8. The first-order valence-corrected chi connectivity index (χ1v) is 27.2. The van der Waals surface area contributed by atoms with Crippen LogP contribution in [0.4, 0.5) is 34.1 Å². The summed E-state index contributed by atoms with van der Waals surface area (Å²) in [6, 6.07) is 110. The van der Waals surface area contributed by atoms with Gasteiger partial charge >= 0.3 is 0 Å². The van der Waals surface area contributed by atoms with Gasteiger partial charge < -0.3 is 9.80 Å². The second-order valence-electron chi connectivity index (χ2n) is 21.5. The molecule has 362 valence electrons. The van der Waals surface area contributed by atoms with E-state index in [-0.39, 0.29) is 0 Å². The Kier molecular flexibility index (Phi) is 9.01. The second-order valence-corrected chi connectivity index (χ2v) is 21.5. The number of fused-ring (bicyclic) bond motifs is 16. The van der Waals surface area contributed by atoms with Crippen LogP contribution in [0, 0.1) is 0 Å². The van der Waals surface area contributed by atoms with Crippen molar-refractivity contribution in [3.05, 3.63) is 336 Å². The Morgan fingerprint density at radius 2 is 0.679 bits per heavy atom. The highest BCUT2D eigenvalue weighted by Gasteiger charge is 2.52. The van der Waals surface area contributed by atoms with Gasteiger partial charge in [-0.05, 0) is 166 Å². The Morgan fingerprint density at radius 3 is 1.27 bits per heavy atom. The lowest BCUT2D eigenvalue weighted by molar-refractivity contribution is 0.768. The first kappa shape index (κ1) is 43.2. The standard InChI is InChI=1S/C76H48N2/c1-4-24-52(25-5-1)75(53-26-6-2-7-27-53)69-46-55(39-42-62(69)63-43-40-57(48-70(63)75)78-72-37-19-23-49-22-18-33-64(74(49)72)65-44-50-20-10-11-21-51(50)45-73(65)78)77(54-28-8-3-9-29-54)56-38-41-61-60-32-14-17-36-68(60)76(71(61)47-56)66-34-15-12-30-58(66)59-31-13-16-35-67(59)76/h1-48H. The summed E-state index contributed by atoms with van der Waals surface area (Å²) in [5.41, 5.74) is 26.2. The van der Waals surface area contributed by atoms with Gasteiger partial charge in [0.25, 0.3) is 0 Å². The van der Waals surface area contributed by atoms with Crippen LogP contribution in [0.2, 0.25) is 0 Å². The zero-order valence-electron chi connectivity index (χ0n) is 42.6. The Hall–Kier alpha value is -10.0. The molecule has 0 N–H and O–H groups in total. The molecular weight excluding hydrogens is 941 g/mol. The van der Waals surface area contributed by atoms with Crippen molar-refractivity contribution in [3.63, 3.8) is 0 Å². The number of benzene rings is 13. The van der Waals surface area contributed by atoms with Gasteiger partial charge in [-0.3, -0.25) is 0 Å². The lowest BCUT2D eigenvalue weighted by atomic mass is 9.67. The van der Waals surface area contributed by atoms with Crippen molar-refractivity contribution in [1.82, 2.24) is 0 Å². The van der Waals surface area contributed by atoms with E-state index < -0.39 is 10.8 Å². The SMILES string of the molecule is c1ccc(N(c2ccc3c(c2)C(c2ccccc2)(c2ccccc2)c2cc(N4c5cc6ccccc6cc5-c5cccc6cccc4c56)ccc2-3)c2ccc3c(c2)C2(c4ccccc4-c4ccccc42)c2ccccc2-3)cc1. The van der Waals surface area contributed by atoms with Crippen LogP contribution in [0.3, 0.4) is 0 Å². The van der Waals surface area contributed by atoms with Gasteiger partial charge in [0.2, 0.25) is 0 Å². The molecule has 0 unspecified atom stereocenters.